The quantitative estimate of drug-likeness (QED) is 0.517. The van der Waals surface area contributed by atoms with Crippen LogP contribution in [-0.2, 0) is 29.0 Å². The SMILES string of the molecule is Cc1c(CN(C)C(=O)/C=C/c2cnc3c(c2)CC[C@@H](N)C(=O)C3)sc2ccccc12. The Morgan fingerprint density at radius 3 is 2.97 bits per heavy atom. The van der Waals surface area contributed by atoms with Gasteiger partial charge >= 0.3 is 0 Å². The number of hydrogen-bond acceptors (Lipinski definition) is 5. The standard InChI is InChI=1S/C24H25N3O2S/c1-15-18-5-3-4-6-22(18)30-23(15)14-27(2)24(29)10-7-16-11-17-8-9-19(25)21(28)12-20(17)26-13-16/h3-7,10-11,13,19H,8-9,12,14,25H2,1-2H3/b10-7+/t19-/m1/s1. The minimum absolute atomic E-state index is 0.0397. The zero-order valence-electron chi connectivity index (χ0n) is 17.2. The number of Topliss-reactive ketones (excluding diaryl/α,β-unsaturated/α-hetero) is 1. The number of amides is 1. The molecule has 0 bridgehead atoms. The van der Waals surface area contributed by atoms with Gasteiger partial charge in [-0.25, -0.2) is 0 Å². The molecule has 2 N–H and O–H groups in total. The molecule has 0 saturated heterocycles. The fourth-order valence-electron chi connectivity index (χ4n) is 3.76. The molecule has 1 aromatic carbocycles. The molecule has 1 amide bonds. The lowest BCUT2D eigenvalue weighted by Crippen LogP contribution is -2.30. The molecule has 154 valence electrons. The molecule has 2 aromatic heterocycles. The van der Waals surface area contributed by atoms with E-state index in [1.54, 1.807) is 34.6 Å². The van der Waals surface area contributed by atoms with Gasteiger partial charge in [-0.05, 0) is 60.1 Å². The number of hydrogen-bond donors (Lipinski definition) is 1. The largest absolute Gasteiger partial charge is 0.337 e. The molecule has 0 aliphatic heterocycles. The van der Waals surface area contributed by atoms with E-state index in [0.717, 1.165) is 23.2 Å². The maximum absolute atomic E-state index is 12.6. The van der Waals surface area contributed by atoms with E-state index in [0.29, 0.717) is 13.0 Å². The van der Waals surface area contributed by atoms with Crippen molar-refractivity contribution < 1.29 is 9.59 Å². The summed E-state index contributed by atoms with van der Waals surface area (Å²) in [6, 6.07) is 9.92. The number of rotatable bonds is 4. The van der Waals surface area contributed by atoms with Gasteiger partial charge in [0.1, 0.15) is 0 Å². The van der Waals surface area contributed by atoms with E-state index in [9.17, 15) is 9.59 Å². The molecule has 0 radical (unpaired) electrons. The number of ketones is 1. The summed E-state index contributed by atoms with van der Waals surface area (Å²) in [5.74, 6) is -0.0168. The van der Waals surface area contributed by atoms with Crippen LogP contribution in [0.25, 0.3) is 16.2 Å². The fraction of sp³-hybridized carbons (Fsp3) is 0.292. The number of carbonyl (C=O) groups excluding carboxylic acids is 2. The summed E-state index contributed by atoms with van der Waals surface area (Å²) in [4.78, 5) is 32.0. The van der Waals surface area contributed by atoms with Gasteiger partial charge in [-0.15, -0.1) is 11.3 Å². The van der Waals surface area contributed by atoms with Gasteiger partial charge in [-0.3, -0.25) is 14.6 Å². The molecule has 2 heterocycles. The second-order valence-electron chi connectivity index (χ2n) is 7.84. The van der Waals surface area contributed by atoms with Crippen LogP contribution in [0.1, 0.15) is 33.7 Å². The van der Waals surface area contributed by atoms with Crippen molar-refractivity contribution in [3.05, 3.63) is 69.9 Å². The van der Waals surface area contributed by atoms with Crippen molar-refractivity contribution in [2.24, 2.45) is 5.73 Å². The Kier molecular flexibility index (Phi) is 5.79. The smallest absolute Gasteiger partial charge is 0.246 e. The van der Waals surface area contributed by atoms with Gasteiger partial charge < -0.3 is 10.6 Å². The Bertz CT molecular complexity index is 1150. The highest BCUT2D eigenvalue weighted by atomic mass is 32.1. The molecule has 4 rings (SSSR count). The molecular weight excluding hydrogens is 394 g/mol. The van der Waals surface area contributed by atoms with Crippen LogP contribution in [0.4, 0.5) is 0 Å². The van der Waals surface area contributed by atoms with Crippen LogP contribution >= 0.6 is 11.3 Å². The molecule has 0 fully saturated rings. The molecule has 1 aliphatic carbocycles. The van der Waals surface area contributed by atoms with Gasteiger partial charge in [0.2, 0.25) is 5.91 Å². The topological polar surface area (TPSA) is 76.3 Å². The van der Waals surface area contributed by atoms with Gasteiger partial charge in [0.05, 0.1) is 24.7 Å². The Hall–Kier alpha value is -2.83. The van der Waals surface area contributed by atoms with Gasteiger partial charge in [0, 0.05) is 28.9 Å². The zero-order valence-corrected chi connectivity index (χ0v) is 18.0. The maximum atomic E-state index is 12.6. The number of benzene rings is 1. The highest BCUT2D eigenvalue weighted by molar-refractivity contribution is 7.19. The van der Waals surface area contributed by atoms with Crippen LogP contribution in [0, 0.1) is 6.92 Å². The normalized spacial score (nSPS) is 16.6. The third-order valence-electron chi connectivity index (χ3n) is 5.68. The summed E-state index contributed by atoms with van der Waals surface area (Å²) in [5, 5.41) is 1.25. The van der Waals surface area contributed by atoms with Crippen molar-refractivity contribution in [3.8, 4) is 0 Å². The zero-order chi connectivity index (χ0) is 21.3. The summed E-state index contributed by atoms with van der Waals surface area (Å²) >= 11 is 1.74. The average molecular weight is 420 g/mol. The minimum atomic E-state index is -0.411. The maximum Gasteiger partial charge on any atom is 0.246 e. The predicted molar refractivity (Wildman–Crippen MR) is 121 cm³/mol. The second-order valence-corrected chi connectivity index (χ2v) is 8.97. The van der Waals surface area contributed by atoms with Crippen molar-refractivity contribution >= 4 is 39.2 Å². The van der Waals surface area contributed by atoms with Crippen LogP contribution in [0.5, 0.6) is 0 Å². The van der Waals surface area contributed by atoms with Crippen molar-refractivity contribution in [1.82, 2.24) is 9.88 Å². The number of nitrogens with zero attached hydrogens (tertiary/aromatic N) is 2. The van der Waals surface area contributed by atoms with E-state index in [1.165, 1.54) is 20.5 Å². The number of aryl methyl sites for hydroxylation is 2. The van der Waals surface area contributed by atoms with Crippen molar-refractivity contribution in [3.63, 3.8) is 0 Å². The van der Waals surface area contributed by atoms with Gasteiger partial charge in [0.15, 0.2) is 5.78 Å². The summed E-state index contributed by atoms with van der Waals surface area (Å²) in [5.41, 5.74) is 9.82. The van der Waals surface area contributed by atoms with E-state index < -0.39 is 6.04 Å². The average Bonchev–Trinajstić information content (AvgIpc) is 2.98. The Labute approximate surface area is 180 Å². The third kappa shape index (κ3) is 4.20. The number of fused-ring (bicyclic) bond motifs is 2. The molecule has 0 spiro atoms. The minimum Gasteiger partial charge on any atom is -0.337 e. The fourth-order valence-corrected chi connectivity index (χ4v) is 5.02. The molecule has 3 aromatic rings. The predicted octanol–water partition coefficient (Wildman–Crippen LogP) is 3.66. The van der Waals surface area contributed by atoms with Gasteiger partial charge in [-0.2, -0.15) is 0 Å². The number of pyridine rings is 1. The molecule has 0 saturated carbocycles. The monoisotopic (exact) mass is 419 g/mol. The summed E-state index contributed by atoms with van der Waals surface area (Å²) in [6.45, 7) is 2.69. The van der Waals surface area contributed by atoms with E-state index in [2.05, 4.69) is 24.0 Å². The highest BCUT2D eigenvalue weighted by Gasteiger charge is 2.21. The van der Waals surface area contributed by atoms with Crippen LogP contribution in [0.2, 0.25) is 0 Å². The van der Waals surface area contributed by atoms with Gasteiger partial charge in [-0.1, -0.05) is 18.2 Å². The molecular formula is C24H25N3O2S. The molecule has 1 aliphatic rings. The van der Waals surface area contributed by atoms with Crippen LogP contribution in [-0.4, -0.2) is 34.7 Å². The summed E-state index contributed by atoms with van der Waals surface area (Å²) in [6.07, 6.45) is 6.74. The number of thiophene rings is 1. The second kappa shape index (κ2) is 8.50. The molecule has 0 unspecified atom stereocenters. The van der Waals surface area contributed by atoms with Crippen molar-refractivity contribution in [1.29, 1.82) is 0 Å². The summed E-state index contributed by atoms with van der Waals surface area (Å²) in [7, 11) is 1.82. The van der Waals surface area contributed by atoms with E-state index in [-0.39, 0.29) is 18.1 Å². The van der Waals surface area contributed by atoms with Gasteiger partial charge in [0.25, 0.3) is 0 Å². The molecule has 30 heavy (non-hydrogen) atoms. The Balaban J connectivity index is 1.45. The first kappa shape index (κ1) is 20.4. The lowest BCUT2D eigenvalue weighted by molar-refractivity contribution is -0.125. The first-order chi connectivity index (χ1) is 14.4. The molecule has 6 heteroatoms. The number of nitrogens with two attached hydrogens (primary N) is 1. The van der Waals surface area contributed by atoms with Crippen molar-refractivity contribution in [2.75, 3.05) is 7.05 Å². The highest BCUT2D eigenvalue weighted by Crippen LogP contribution is 2.31. The van der Waals surface area contributed by atoms with E-state index in [4.69, 9.17) is 5.73 Å². The molecule has 1 atom stereocenters. The Morgan fingerprint density at radius 2 is 2.17 bits per heavy atom. The van der Waals surface area contributed by atoms with Crippen LogP contribution in [0.15, 0.2) is 42.6 Å². The van der Waals surface area contributed by atoms with E-state index in [1.807, 2.05) is 25.2 Å². The number of carbonyl (C=O) groups is 2. The van der Waals surface area contributed by atoms with Crippen LogP contribution in [0.3, 0.4) is 0 Å². The lowest BCUT2D eigenvalue weighted by atomic mass is 10.1. The lowest BCUT2D eigenvalue weighted by Gasteiger charge is -2.14. The van der Waals surface area contributed by atoms with Crippen molar-refractivity contribution in [2.45, 2.75) is 38.8 Å². The number of aromatic nitrogens is 1. The summed E-state index contributed by atoms with van der Waals surface area (Å²) < 4.78 is 1.25. The first-order valence-electron chi connectivity index (χ1n) is 10.1. The Morgan fingerprint density at radius 1 is 1.37 bits per heavy atom. The first-order valence-corrected chi connectivity index (χ1v) is 10.9. The van der Waals surface area contributed by atoms with E-state index >= 15 is 0 Å². The number of likely N-dealkylation sites (N-methyl/N-ethyl adjacent to an activating group) is 1. The third-order valence-corrected chi connectivity index (χ3v) is 6.94. The van der Waals surface area contributed by atoms with Crippen LogP contribution < -0.4 is 5.73 Å². The molecule has 5 nitrogen and oxygen atoms in total.